The Morgan fingerprint density at radius 1 is 1.26 bits per heavy atom. The van der Waals surface area contributed by atoms with E-state index >= 15 is 0 Å². The van der Waals surface area contributed by atoms with Gasteiger partial charge in [0.15, 0.2) is 0 Å². The average molecular weight is 314 g/mol. The molecule has 5 heteroatoms. The van der Waals surface area contributed by atoms with Crippen molar-refractivity contribution >= 4 is 5.97 Å². The van der Waals surface area contributed by atoms with Crippen molar-refractivity contribution in [2.24, 2.45) is 0 Å². The fourth-order valence-electron chi connectivity index (χ4n) is 2.71. The van der Waals surface area contributed by atoms with Crippen molar-refractivity contribution < 1.29 is 18.7 Å². The second-order valence-electron chi connectivity index (χ2n) is 6.02. The molecule has 3 rings (SSSR count). The molecule has 0 saturated carbocycles. The summed E-state index contributed by atoms with van der Waals surface area (Å²) < 4.78 is 16.4. The van der Waals surface area contributed by atoms with E-state index in [0.29, 0.717) is 22.6 Å². The van der Waals surface area contributed by atoms with Gasteiger partial charge in [0.1, 0.15) is 22.7 Å². The van der Waals surface area contributed by atoms with Gasteiger partial charge < -0.3 is 13.9 Å². The first-order chi connectivity index (χ1) is 10.8. The largest absolute Gasteiger partial charge is 0.482 e. The third-order valence-corrected chi connectivity index (χ3v) is 3.84. The van der Waals surface area contributed by atoms with Crippen molar-refractivity contribution in [2.75, 3.05) is 6.61 Å². The maximum absolute atomic E-state index is 12.2. The fraction of sp³-hybridized carbons (Fsp3) is 0.333. The van der Waals surface area contributed by atoms with Crippen LogP contribution in [0.25, 0.3) is 11.3 Å². The van der Waals surface area contributed by atoms with Crippen LogP contribution in [0.15, 0.2) is 33.5 Å². The summed E-state index contributed by atoms with van der Waals surface area (Å²) in [6, 6.07) is 7.21. The Kier molecular flexibility index (Phi) is 3.51. The normalized spacial score (nSPS) is 14.4. The lowest BCUT2D eigenvalue weighted by Crippen LogP contribution is -2.31. The van der Waals surface area contributed by atoms with Crippen LogP contribution in [0.3, 0.4) is 0 Å². The predicted molar refractivity (Wildman–Crippen MR) is 84.8 cm³/mol. The highest BCUT2D eigenvalue weighted by Crippen LogP contribution is 2.45. The van der Waals surface area contributed by atoms with Crippen molar-refractivity contribution in [1.82, 2.24) is 0 Å². The minimum atomic E-state index is -0.726. The molecule has 120 valence electrons. The van der Waals surface area contributed by atoms with Crippen molar-refractivity contribution in [3.8, 4) is 17.1 Å². The minimum Gasteiger partial charge on any atom is -0.482 e. The molecule has 0 aliphatic carbocycles. The number of hydrogen-bond acceptors (Lipinski definition) is 5. The van der Waals surface area contributed by atoms with Gasteiger partial charge in [-0.15, -0.1) is 0 Å². The van der Waals surface area contributed by atoms with Crippen molar-refractivity contribution in [1.29, 1.82) is 0 Å². The molecular weight excluding hydrogens is 296 g/mol. The van der Waals surface area contributed by atoms with Crippen molar-refractivity contribution in [2.45, 2.75) is 33.3 Å². The molecule has 0 spiro atoms. The van der Waals surface area contributed by atoms with Gasteiger partial charge in [0.25, 0.3) is 0 Å². The Labute approximate surface area is 133 Å². The Hall–Kier alpha value is -2.56. The molecule has 2 aromatic rings. The zero-order chi connectivity index (χ0) is 16.8. The number of carbonyl (C=O) groups is 1. The molecule has 0 atom stereocenters. The zero-order valence-corrected chi connectivity index (χ0v) is 13.6. The molecule has 0 radical (unpaired) electrons. The molecule has 1 aromatic heterocycles. The second-order valence-corrected chi connectivity index (χ2v) is 6.02. The maximum atomic E-state index is 12.2. The molecule has 0 amide bonds. The Morgan fingerprint density at radius 3 is 2.70 bits per heavy atom. The highest BCUT2D eigenvalue weighted by Gasteiger charge is 2.36. The molecule has 0 unspecified atom stereocenters. The molecule has 0 bridgehead atoms. The van der Waals surface area contributed by atoms with Crippen molar-refractivity contribution in [3.05, 3.63) is 51.4 Å². The van der Waals surface area contributed by atoms with Crippen LogP contribution in [0, 0.1) is 6.92 Å². The van der Waals surface area contributed by atoms with Gasteiger partial charge in [-0.2, -0.15) is 0 Å². The lowest BCUT2D eigenvalue weighted by molar-refractivity contribution is 0.0519. The van der Waals surface area contributed by atoms with Gasteiger partial charge in [0.2, 0.25) is 0 Å². The quantitative estimate of drug-likeness (QED) is 0.795. The Bertz CT molecular complexity index is 845. The molecule has 1 aromatic carbocycles. The van der Waals surface area contributed by atoms with Gasteiger partial charge in [0, 0.05) is 5.56 Å². The van der Waals surface area contributed by atoms with E-state index in [2.05, 4.69) is 0 Å². The van der Waals surface area contributed by atoms with Crippen LogP contribution in [0.2, 0.25) is 0 Å². The number of ether oxygens (including phenoxy) is 2. The van der Waals surface area contributed by atoms with Gasteiger partial charge >= 0.3 is 11.6 Å². The van der Waals surface area contributed by atoms with Crippen LogP contribution in [0.1, 0.15) is 42.3 Å². The summed E-state index contributed by atoms with van der Waals surface area (Å²) in [6.07, 6.45) is 0. The average Bonchev–Trinajstić information content (AvgIpc) is 2.47. The summed E-state index contributed by atoms with van der Waals surface area (Å²) in [5.74, 6) is 0.410. The summed E-state index contributed by atoms with van der Waals surface area (Å²) in [5, 5.41) is 0. The zero-order valence-electron chi connectivity index (χ0n) is 13.6. The van der Waals surface area contributed by atoms with Crippen LogP contribution in [-0.2, 0) is 10.3 Å². The summed E-state index contributed by atoms with van der Waals surface area (Å²) in [7, 11) is 0. The molecule has 0 N–H and O–H groups in total. The summed E-state index contributed by atoms with van der Waals surface area (Å²) in [4.78, 5) is 24.1. The number of hydrogen-bond donors (Lipinski definition) is 0. The van der Waals surface area contributed by atoms with E-state index in [4.69, 9.17) is 13.9 Å². The first-order valence-electron chi connectivity index (χ1n) is 7.49. The van der Waals surface area contributed by atoms with Crippen molar-refractivity contribution in [3.63, 3.8) is 0 Å². The van der Waals surface area contributed by atoms with Crippen LogP contribution in [-0.4, -0.2) is 12.6 Å². The fourth-order valence-corrected chi connectivity index (χ4v) is 2.71. The number of benzene rings is 1. The van der Waals surface area contributed by atoms with E-state index in [0.717, 1.165) is 5.56 Å². The highest BCUT2D eigenvalue weighted by atomic mass is 16.5. The monoisotopic (exact) mass is 314 g/mol. The molecule has 0 saturated heterocycles. The second kappa shape index (κ2) is 5.26. The van der Waals surface area contributed by atoms with E-state index in [1.807, 2.05) is 39.0 Å². The first kappa shape index (κ1) is 15.3. The SMILES string of the molecule is CCOC(=O)c1cc2c(oc1=O)-c1cc(C)ccc1OC2(C)C. The number of aryl methyl sites for hydroxylation is 1. The summed E-state index contributed by atoms with van der Waals surface area (Å²) in [5.41, 5.74) is 0.849. The standard InChI is InChI=1S/C18H18O5/c1-5-21-16(19)12-9-13-15(22-17(12)20)11-8-10(2)6-7-14(11)23-18(13,3)4/h6-9H,5H2,1-4H3. The van der Waals surface area contributed by atoms with Crippen LogP contribution >= 0.6 is 0 Å². The van der Waals surface area contributed by atoms with Gasteiger partial charge in [-0.25, -0.2) is 9.59 Å². The predicted octanol–water partition coefficient (Wildman–Crippen LogP) is 3.42. The van der Waals surface area contributed by atoms with Gasteiger partial charge in [-0.3, -0.25) is 0 Å². The van der Waals surface area contributed by atoms with Crippen LogP contribution in [0.4, 0.5) is 0 Å². The Balaban J connectivity index is 2.26. The molecule has 1 aliphatic rings. The lowest BCUT2D eigenvalue weighted by atomic mass is 9.89. The van der Waals surface area contributed by atoms with E-state index < -0.39 is 17.2 Å². The van der Waals surface area contributed by atoms with E-state index in [-0.39, 0.29) is 12.2 Å². The smallest absolute Gasteiger partial charge is 0.351 e. The van der Waals surface area contributed by atoms with Crippen LogP contribution in [0.5, 0.6) is 5.75 Å². The number of rotatable bonds is 2. The maximum Gasteiger partial charge on any atom is 0.351 e. The highest BCUT2D eigenvalue weighted by molar-refractivity contribution is 5.90. The third-order valence-electron chi connectivity index (χ3n) is 3.84. The third kappa shape index (κ3) is 2.52. The molecule has 2 heterocycles. The van der Waals surface area contributed by atoms with Gasteiger partial charge in [-0.05, 0) is 45.9 Å². The van der Waals surface area contributed by atoms with Gasteiger partial charge in [-0.1, -0.05) is 11.6 Å². The van der Waals surface area contributed by atoms with E-state index in [9.17, 15) is 9.59 Å². The van der Waals surface area contributed by atoms with Crippen LogP contribution < -0.4 is 10.4 Å². The molecular formula is C18H18O5. The number of carbonyl (C=O) groups excluding carboxylic acids is 1. The Morgan fingerprint density at radius 2 is 2.00 bits per heavy atom. The molecule has 0 fully saturated rings. The van der Waals surface area contributed by atoms with Gasteiger partial charge in [0.05, 0.1) is 12.2 Å². The number of fused-ring (bicyclic) bond motifs is 3. The summed E-state index contributed by atoms with van der Waals surface area (Å²) >= 11 is 0. The van der Waals surface area contributed by atoms with E-state index in [1.54, 1.807) is 6.92 Å². The first-order valence-corrected chi connectivity index (χ1v) is 7.49. The molecule has 5 nitrogen and oxygen atoms in total. The van der Waals surface area contributed by atoms with E-state index in [1.165, 1.54) is 6.07 Å². The molecule has 1 aliphatic heterocycles. The minimum absolute atomic E-state index is 0.113. The number of esters is 1. The lowest BCUT2D eigenvalue weighted by Gasteiger charge is -2.33. The topological polar surface area (TPSA) is 65.7 Å². The summed E-state index contributed by atoms with van der Waals surface area (Å²) in [6.45, 7) is 7.55. The molecule has 23 heavy (non-hydrogen) atoms.